The highest BCUT2D eigenvalue weighted by Crippen LogP contribution is 2.33. The van der Waals surface area contributed by atoms with Crippen LogP contribution in [0.5, 0.6) is 5.75 Å². The first-order valence-electron chi connectivity index (χ1n) is 9.98. The number of rotatable bonds is 5. The van der Waals surface area contributed by atoms with Crippen LogP contribution in [0.3, 0.4) is 0 Å². The number of imidazole rings is 1. The summed E-state index contributed by atoms with van der Waals surface area (Å²) in [5.74, 6) is 0.607. The number of hydrogen-bond donors (Lipinski definition) is 1. The van der Waals surface area contributed by atoms with Gasteiger partial charge < -0.3 is 18.6 Å². The number of ether oxygens (including phenoxy) is 1. The van der Waals surface area contributed by atoms with E-state index in [1.165, 1.54) is 0 Å². The zero-order valence-corrected chi connectivity index (χ0v) is 19.0. The lowest BCUT2D eigenvalue weighted by molar-refractivity contribution is -0.0451. The van der Waals surface area contributed by atoms with E-state index in [2.05, 4.69) is 9.62 Å². The normalized spacial score (nSPS) is 16.5. The fraction of sp³-hybridized carbons (Fsp3) is 0.381. The van der Waals surface area contributed by atoms with Gasteiger partial charge in [-0.15, -0.1) is 17.9 Å². The fourth-order valence-corrected chi connectivity index (χ4v) is 4.77. The van der Waals surface area contributed by atoms with Crippen molar-refractivity contribution in [2.45, 2.75) is 31.3 Å². The van der Waals surface area contributed by atoms with Gasteiger partial charge in [0.1, 0.15) is 11.4 Å². The molecule has 4 rings (SSSR count). The lowest BCUT2D eigenvalue weighted by Crippen LogP contribution is -2.48. The van der Waals surface area contributed by atoms with Gasteiger partial charge in [-0.3, -0.25) is 0 Å². The average Bonchev–Trinajstić information content (AvgIpc) is 3.18. The van der Waals surface area contributed by atoms with Gasteiger partial charge in [0.2, 0.25) is 0 Å². The van der Waals surface area contributed by atoms with Crippen molar-refractivity contribution in [2.75, 3.05) is 25.1 Å². The Labute approximate surface area is 191 Å². The Bertz CT molecular complexity index is 1120. The van der Waals surface area contributed by atoms with Crippen molar-refractivity contribution in [1.82, 2.24) is 14.1 Å². The molecule has 6 nitrogen and oxygen atoms in total. The molecular weight excluding hydrogens is 465 g/mol. The minimum Gasteiger partial charge on any atom is -0.591 e. The Balaban J connectivity index is 1.49. The molecule has 1 aliphatic heterocycles. The summed E-state index contributed by atoms with van der Waals surface area (Å²) in [5, 5.41) is 0.508. The molecule has 1 atom stereocenters. The van der Waals surface area contributed by atoms with Crippen LogP contribution in [0.4, 0.5) is 18.9 Å². The Morgan fingerprint density at radius 1 is 1.25 bits per heavy atom. The largest absolute Gasteiger partial charge is 0.592 e. The molecule has 1 aromatic carbocycles. The van der Waals surface area contributed by atoms with Crippen LogP contribution in [0.2, 0.25) is 5.02 Å². The average molecular weight is 487 g/mol. The first-order chi connectivity index (χ1) is 15.2. The van der Waals surface area contributed by atoms with Crippen molar-refractivity contribution >= 4 is 34.3 Å². The van der Waals surface area contributed by atoms with Crippen molar-refractivity contribution in [1.29, 1.82) is 0 Å². The maximum Gasteiger partial charge on any atom is 0.592 e. The van der Waals surface area contributed by atoms with Crippen molar-refractivity contribution in [3.63, 3.8) is 0 Å². The third-order valence-corrected chi connectivity index (χ3v) is 6.83. The monoisotopic (exact) mass is 486 g/mol. The summed E-state index contributed by atoms with van der Waals surface area (Å²) in [7, 11) is 1.57. The SMILES string of the molecule is COc1cc(C)c(-c2cn3ccc(N4CCC(N[S+]([O-])C(F)(F)F)CC4)cc3n2)cc1Cl. The van der Waals surface area contributed by atoms with E-state index in [-0.39, 0.29) is 0 Å². The summed E-state index contributed by atoms with van der Waals surface area (Å²) >= 11 is 3.26. The predicted octanol–water partition coefficient (Wildman–Crippen LogP) is 4.71. The Morgan fingerprint density at radius 2 is 1.97 bits per heavy atom. The van der Waals surface area contributed by atoms with E-state index < -0.39 is 22.9 Å². The zero-order chi connectivity index (χ0) is 23.0. The quantitative estimate of drug-likeness (QED) is 0.529. The maximum atomic E-state index is 12.5. The molecule has 2 aromatic heterocycles. The molecule has 0 spiro atoms. The molecule has 0 radical (unpaired) electrons. The number of pyridine rings is 1. The van der Waals surface area contributed by atoms with Crippen LogP contribution in [0.1, 0.15) is 18.4 Å². The van der Waals surface area contributed by atoms with Gasteiger partial charge in [0.05, 0.1) is 23.9 Å². The molecule has 0 aliphatic carbocycles. The second-order valence-electron chi connectivity index (χ2n) is 7.67. The van der Waals surface area contributed by atoms with Gasteiger partial charge in [-0.25, -0.2) is 4.98 Å². The number of methoxy groups -OCH3 is 1. The Morgan fingerprint density at radius 3 is 2.62 bits per heavy atom. The Hall–Kier alpha value is -2.14. The van der Waals surface area contributed by atoms with Gasteiger partial charge in [-0.1, -0.05) is 11.6 Å². The van der Waals surface area contributed by atoms with Crippen molar-refractivity contribution in [3.05, 3.63) is 47.2 Å². The van der Waals surface area contributed by atoms with Crippen LogP contribution in [-0.2, 0) is 11.4 Å². The minimum atomic E-state index is -4.74. The molecule has 0 saturated carbocycles. The van der Waals surface area contributed by atoms with E-state index in [1.807, 2.05) is 48.0 Å². The van der Waals surface area contributed by atoms with Crippen molar-refractivity contribution < 1.29 is 22.5 Å². The number of fused-ring (bicyclic) bond motifs is 1. The van der Waals surface area contributed by atoms with Crippen molar-refractivity contribution in [3.8, 4) is 17.0 Å². The number of piperidine rings is 1. The molecule has 1 aliphatic rings. The predicted molar refractivity (Wildman–Crippen MR) is 119 cm³/mol. The van der Waals surface area contributed by atoms with E-state index in [4.69, 9.17) is 21.3 Å². The third-order valence-electron chi connectivity index (χ3n) is 5.56. The van der Waals surface area contributed by atoms with Crippen LogP contribution in [-0.4, -0.2) is 45.7 Å². The molecule has 1 saturated heterocycles. The highest BCUT2D eigenvalue weighted by Gasteiger charge is 2.46. The highest BCUT2D eigenvalue weighted by molar-refractivity contribution is 7.90. The summed E-state index contributed by atoms with van der Waals surface area (Å²) < 4.78 is 58.2. The fourth-order valence-electron chi connectivity index (χ4n) is 3.86. The number of alkyl halides is 3. The van der Waals surface area contributed by atoms with Gasteiger partial charge in [-0.05, 0) is 43.5 Å². The second-order valence-corrected chi connectivity index (χ2v) is 9.32. The first kappa shape index (κ1) is 23.0. The lowest BCUT2D eigenvalue weighted by Gasteiger charge is -2.33. The van der Waals surface area contributed by atoms with Crippen LogP contribution >= 0.6 is 11.6 Å². The van der Waals surface area contributed by atoms with E-state index in [1.54, 1.807) is 7.11 Å². The van der Waals surface area contributed by atoms with E-state index in [9.17, 15) is 17.7 Å². The number of halogens is 4. The number of aromatic nitrogens is 2. The number of benzene rings is 1. The van der Waals surface area contributed by atoms with E-state index in [0.717, 1.165) is 28.2 Å². The maximum absolute atomic E-state index is 12.5. The molecule has 11 heteroatoms. The van der Waals surface area contributed by atoms with Crippen molar-refractivity contribution in [2.24, 2.45) is 0 Å². The van der Waals surface area contributed by atoms with Gasteiger partial charge in [-0.2, -0.15) is 0 Å². The molecule has 32 heavy (non-hydrogen) atoms. The van der Waals surface area contributed by atoms with Crippen LogP contribution in [0, 0.1) is 6.92 Å². The van der Waals surface area contributed by atoms with E-state index in [0.29, 0.717) is 36.7 Å². The van der Waals surface area contributed by atoms with Gasteiger partial charge in [0, 0.05) is 42.8 Å². The number of hydrogen-bond acceptors (Lipinski definition) is 5. The number of anilines is 1. The first-order valence-corrected chi connectivity index (χ1v) is 11.5. The zero-order valence-electron chi connectivity index (χ0n) is 17.4. The molecule has 172 valence electrons. The molecule has 1 fully saturated rings. The lowest BCUT2D eigenvalue weighted by atomic mass is 10.1. The standard InChI is InChI=1S/C21H22ClF3N4O2S/c1-13-9-19(31-2)17(22)11-16(13)18-12-29-8-5-15(10-20(29)26-18)28-6-3-14(4-7-28)27-32(30)21(23,24)25/h5,8-12,14,27H,3-4,6-7H2,1-2H3. The molecule has 0 amide bonds. The summed E-state index contributed by atoms with van der Waals surface area (Å²) in [5.41, 5.74) is -0.377. The topological polar surface area (TPSA) is 64.9 Å². The molecule has 0 bridgehead atoms. The third kappa shape index (κ3) is 4.78. The summed E-state index contributed by atoms with van der Waals surface area (Å²) in [6, 6.07) is 7.18. The van der Waals surface area contributed by atoms with Crippen LogP contribution < -0.4 is 14.4 Å². The highest BCUT2D eigenvalue weighted by atomic mass is 35.5. The Kier molecular flexibility index (Phi) is 6.49. The summed E-state index contributed by atoms with van der Waals surface area (Å²) in [4.78, 5) is 6.83. The van der Waals surface area contributed by atoms with Gasteiger partial charge in [0.15, 0.2) is 11.4 Å². The summed E-state index contributed by atoms with van der Waals surface area (Å²) in [6.07, 6.45) is 4.77. The van der Waals surface area contributed by atoms with Gasteiger partial charge >= 0.3 is 5.51 Å². The smallest absolute Gasteiger partial charge is 0.591 e. The molecular formula is C21H22ClF3N4O2S. The summed E-state index contributed by atoms with van der Waals surface area (Å²) in [6.45, 7) is 3.08. The van der Waals surface area contributed by atoms with E-state index >= 15 is 0 Å². The molecule has 3 aromatic rings. The van der Waals surface area contributed by atoms with Gasteiger partial charge in [0.25, 0.3) is 0 Å². The number of aryl methyl sites for hydroxylation is 1. The number of nitrogens with zero attached hydrogens (tertiary/aromatic N) is 3. The van der Waals surface area contributed by atoms with Crippen LogP contribution in [0.25, 0.3) is 16.9 Å². The molecule has 3 heterocycles. The molecule has 1 N–H and O–H groups in total. The van der Waals surface area contributed by atoms with Crippen LogP contribution in [0.15, 0.2) is 36.7 Å². The minimum absolute atomic E-state index is 0.432. The molecule has 1 unspecified atom stereocenters. The number of nitrogens with one attached hydrogen (secondary N) is 1. The second kappa shape index (κ2) is 9.01.